The number of unbranched alkanes of at least 4 members (excludes halogenated alkanes) is 1. The van der Waals surface area contributed by atoms with E-state index in [0.717, 1.165) is 69.9 Å². The fraction of sp³-hybridized carbons (Fsp3) is 0.682. The number of nitrogens with zero attached hydrogens (tertiary/aromatic N) is 5. The molecule has 29 heavy (non-hydrogen) atoms. The maximum Gasteiger partial charge on any atom is 0.237 e. The highest BCUT2D eigenvalue weighted by Gasteiger charge is 2.64. The summed E-state index contributed by atoms with van der Waals surface area (Å²) >= 11 is 1.88. The molecule has 6 nitrogen and oxygen atoms in total. The summed E-state index contributed by atoms with van der Waals surface area (Å²) in [5.41, 5.74) is 0. The Morgan fingerprint density at radius 1 is 0.966 bits per heavy atom. The highest BCUT2D eigenvalue weighted by molar-refractivity contribution is 7.98. The van der Waals surface area contributed by atoms with Crippen LogP contribution in [0.2, 0.25) is 0 Å². The van der Waals surface area contributed by atoms with E-state index in [1.165, 1.54) is 6.42 Å². The van der Waals surface area contributed by atoms with E-state index in [-0.39, 0.29) is 5.92 Å². The van der Waals surface area contributed by atoms with E-state index in [9.17, 15) is 4.79 Å². The molecule has 6 aliphatic rings. The van der Waals surface area contributed by atoms with E-state index < -0.39 is 0 Å². The van der Waals surface area contributed by atoms with Gasteiger partial charge in [-0.3, -0.25) is 14.0 Å². The first-order valence-electron chi connectivity index (χ1n) is 11.2. The van der Waals surface area contributed by atoms with E-state index >= 15 is 0 Å². The van der Waals surface area contributed by atoms with Crippen LogP contribution in [0, 0.1) is 29.6 Å². The zero-order valence-electron chi connectivity index (χ0n) is 16.8. The van der Waals surface area contributed by atoms with Gasteiger partial charge in [-0.1, -0.05) is 12.2 Å². The Morgan fingerprint density at radius 3 is 2.52 bits per heavy atom. The second kappa shape index (κ2) is 7.27. The summed E-state index contributed by atoms with van der Waals surface area (Å²) in [6.45, 7) is 6.16. The number of anilines is 1. The van der Waals surface area contributed by atoms with Crippen molar-refractivity contribution >= 4 is 23.8 Å². The monoisotopic (exact) mass is 411 g/mol. The number of carbonyl (C=O) groups excluding carboxylic acids is 1. The van der Waals surface area contributed by atoms with Crippen LogP contribution in [0.4, 0.5) is 5.95 Å². The largest absolute Gasteiger partial charge is 0.338 e. The lowest BCUT2D eigenvalue weighted by Crippen LogP contribution is -2.47. The van der Waals surface area contributed by atoms with Crippen LogP contribution < -0.4 is 4.90 Å². The van der Waals surface area contributed by atoms with Gasteiger partial charge in [0.25, 0.3) is 0 Å². The Morgan fingerprint density at radius 2 is 1.69 bits per heavy atom. The van der Waals surface area contributed by atoms with Crippen molar-refractivity contribution < 1.29 is 4.79 Å². The quantitative estimate of drug-likeness (QED) is 0.407. The molecule has 4 aliphatic carbocycles. The fourth-order valence-electron chi connectivity index (χ4n) is 6.05. The van der Waals surface area contributed by atoms with Gasteiger partial charge in [-0.05, 0) is 67.5 Å². The average molecular weight is 412 g/mol. The average Bonchev–Trinajstić information content (AvgIpc) is 3.53. The van der Waals surface area contributed by atoms with Crippen molar-refractivity contribution in [2.75, 3.05) is 44.2 Å². The minimum Gasteiger partial charge on any atom is -0.338 e. The number of hydrogen-bond donors (Lipinski definition) is 0. The first kappa shape index (κ1) is 18.2. The highest BCUT2D eigenvalue weighted by Crippen LogP contribution is 2.66. The van der Waals surface area contributed by atoms with Gasteiger partial charge < -0.3 is 4.90 Å². The molecular formula is C22H29N5OS. The lowest BCUT2D eigenvalue weighted by Gasteiger charge is -2.38. The standard InChI is InChI=1S/C22H29N5OS/c28-21-19-15-4-5-16(18-14-17(15)18)20(19)29-27(21)9-2-1-8-25-10-12-26(13-11-25)22-23-6-3-7-24-22/h3-7,15-20H,1-2,8-14H2. The van der Waals surface area contributed by atoms with Gasteiger partial charge in [0.1, 0.15) is 0 Å². The number of piperazine rings is 1. The first-order chi connectivity index (χ1) is 14.3. The molecule has 0 spiro atoms. The van der Waals surface area contributed by atoms with E-state index in [1.807, 2.05) is 30.4 Å². The normalized spacial score (nSPS) is 37.7. The van der Waals surface area contributed by atoms with Gasteiger partial charge in [-0.2, -0.15) is 0 Å². The molecule has 0 N–H and O–H groups in total. The summed E-state index contributed by atoms with van der Waals surface area (Å²) < 4.78 is 2.12. The summed E-state index contributed by atoms with van der Waals surface area (Å²) in [4.78, 5) is 26.5. The molecule has 2 saturated carbocycles. The van der Waals surface area contributed by atoms with E-state index in [0.29, 0.717) is 23.0 Å². The lowest BCUT2D eigenvalue weighted by molar-refractivity contribution is -0.131. The lowest BCUT2D eigenvalue weighted by atomic mass is 9.68. The van der Waals surface area contributed by atoms with E-state index in [2.05, 4.69) is 36.2 Å². The molecule has 2 aliphatic heterocycles. The van der Waals surface area contributed by atoms with Gasteiger partial charge in [0.15, 0.2) is 0 Å². The van der Waals surface area contributed by atoms with E-state index in [4.69, 9.17) is 0 Å². The Balaban J connectivity index is 0.943. The third kappa shape index (κ3) is 3.17. The van der Waals surface area contributed by atoms with Gasteiger partial charge in [-0.25, -0.2) is 9.97 Å². The number of aromatic nitrogens is 2. The van der Waals surface area contributed by atoms with Crippen molar-refractivity contribution in [1.82, 2.24) is 19.2 Å². The number of allylic oxidation sites excluding steroid dienone is 2. The van der Waals surface area contributed by atoms with E-state index in [1.54, 1.807) is 0 Å². The van der Waals surface area contributed by atoms with Crippen molar-refractivity contribution in [1.29, 1.82) is 0 Å². The summed E-state index contributed by atoms with van der Waals surface area (Å²) in [6, 6.07) is 1.86. The number of hydrogen-bond acceptors (Lipinski definition) is 6. The van der Waals surface area contributed by atoms with Crippen molar-refractivity contribution in [3.63, 3.8) is 0 Å². The van der Waals surface area contributed by atoms with Gasteiger partial charge in [0, 0.05) is 50.4 Å². The number of carbonyl (C=O) groups is 1. The molecule has 154 valence electrons. The van der Waals surface area contributed by atoms with Crippen LogP contribution in [-0.2, 0) is 4.79 Å². The van der Waals surface area contributed by atoms with Gasteiger partial charge >= 0.3 is 0 Å². The summed E-state index contributed by atoms with van der Waals surface area (Å²) in [5.74, 6) is 4.50. The molecule has 6 unspecified atom stereocenters. The Labute approximate surface area is 176 Å². The smallest absolute Gasteiger partial charge is 0.237 e. The van der Waals surface area contributed by atoms with Crippen LogP contribution >= 0.6 is 11.9 Å². The SMILES string of the molecule is O=C1C2C3C=CC(C4CC34)C2SN1CCCCN1CCN(c2ncccn2)CC1. The molecule has 0 radical (unpaired) electrons. The molecule has 7 heteroatoms. The molecule has 1 amide bonds. The number of rotatable bonds is 6. The second-order valence-corrected chi connectivity index (χ2v) is 10.4. The molecule has 2 bridgehead atoms. The molecule has 4 fully saturated rings. The maximum absolute atomic E-state index is 13.0. The topological polar surface area (TPSA) is 52.6 Å². The summed E-state index contributed by atoms with van der Waals surface area (Å²) in [6.07, 6.45) is 12.1. The molecular weight excluding hydrogens is 382 g/mol. The van der Waals surface area contributed by atoms with Gasteiger partial charge in [0.2, 0.25) is 11.9 Å². The predicted octanol–water partition coefficient (Wildman–Crippen LogP) is 2.31. The third-order valence-corrected chi connectivity index (χ3v) is 9.12. The maximum atomic E-state index is 13.0. The minimum atomic E-state index is 0.284. The van der Waals surface area contributed by atoms with Crippen LogP contribution in [0.5, 0.6) is 0 Å². The third-order valence-electron chi connectivity index (χ3n) is 7.66. The van der Waals surface area contributed by atoms with Crippen molar-refractivity contribution in [3.8, 4) is 0 Å². The molecule has 3 heterocycles. The fourth-order valence-corrected chi connectivity index (χ4v) is 7.66. The highest BCUT2D eigenvalue weighted by atomic mass is 32.2. The Kier molecular flexibility index (Phi) is 4.56. The van der Waals surface area contributed by atoms with Crippen LogP contribution in [0.25, 0.3) is 0 Å². The molecule has 0 aromatic carbocycles. The first-order valence-corrected chi connectivity index (χ1v) is 12.0. The van der Waals surface area contributed by atoms with Crippen LogP contribution in [0.15, 0.2) is 30.6 Å². The Bertz CT molecular complexity index is 796. The number of amides is 1. The van der Waals surface area contributed by atoms with Gasteiger partial charge in [-0.15, -0.1) is 0 Å². The summed E-state index contributed by atoms with van der Waals surface area (Å²) in [5, 5.41) is 0.537. The predicted molar refractivity (Wildman–Crippen MR) is 114 cm³/mol. The zero-order chi connectivity index (χ0) is 19.4. The van der Waals surface area contributed by atoms with Crippen LogP contribution in [0.1, 0.15) is 19.3 Å². The van der Waals surface area contributed by atoms with Gasteiger partial charge in [0.05, 0.1) is 5.92 Å². The second-order valence-electron chi connectivity index (χ2n) is 9.22. The molecule has 1 aromatic heterocycles. The summed E-state index contributed by atoms with van der Waals surface area (Å²) in [7, 11) is 0. The van der Waals surface area contributed by atoms with Crippen molar-refractivity contribution in [2.45, 2.75) is 24.5 Å². The van der Waals surface area contributed by atoms with Crippen molar-refractivity contribution in [3.05, 3.63) is 30.6 Å². The van der Waals surface area contributed by atoms with Crippen LogP contribution in [-0.4, -0.2) is 69.6 Å². The zero-order valence-corrected chi connectivity index (χ0v) is 17.6. The van der Waals surface area contributed by atoms with Crippen molar-refractivity contribution in [2.24, 2.45) is 29.6 Å². The molecule has 7 rings (SSSR count). The minimum absolute atomic E-state index is 0.284. The molecule has 6 atom stereocenters. The Hall–Kier alpha value is -1.60. The molecule has 2 saturated heterocycles. The van der Waals surface area contributed by atoms with Crippen LogP contribution in [0.3, 0.4) is 0 Å². The molecule has 1 aromatic rings.